The molecule has 6 nitrogen and oxygen atoms in total. The zero-order valence-electron chi connectivity index (χ0n) is 18.0. The van der Waals surface area contributed by atoms with Gasteiger partial charge in [-0.25, -0.2) is 0 Å². The average molecular weight is 480 g/mol. The summed E-state index contributed by atoms with van der Waals surface area (Å²) in [5.74, 6) is 0.642. The third-order valence-electron chi connectivity index (χ3n) is 6.13. The molecule has 3 atom stereocenters. The van der Waals surface area contributed by atoms with Gasteiger partial charge < -0.3 is 20.1 Å². The second kappa shape index (κ2) is 8.24. The van der Waals surface area contributed by atoms with Crippen molar-refractivity contribution in [2.75, 3.05) is 17.3 Å². The maximum Gasteiger partial charge on any atom is 0.236 e. The highest BCUT2D eigenvalue weighted by atomic mass is 35.5. The van der Waals surface area contributed by atoms with Crippen LogP contribution >= 0.6 is 23.8 Å². The molecule has 2 aliphatic rings. The fraction of sp³-hybridized carbons (Fsp3) is 0.200. The Morgan fingerprint density at radius 3 is 2.52 bits per heavy atom. The Labute approximate surface area is 202 Å². The summed E-state index contributed by atoms with van der Waals surface area (Å²) in [5, 5.41) is 7.50. The third kappa shape index (κ3) is 3.67. The van der Waals surface area contributed by atoms with Crippen LogP contribution in [0, 0.1) is 5.92 Å². The first kappa shape index (κ1) is 21.6. The smallest absolute Gasteiger partial charge is 0.236 e. The number of nitrogens with zero attached hydrogens (tertiary/aromatic N) is 1. The normalized spacial score (nSPS) is 23.1. The molecule has 0 radical (unpaired) electrons. The molecule has 0 aromatic heterocycles. The first-order valence-corrected chi connectivity index (χ1v) is 11.3. The van der Waals surface area contributed by atoms with Gasteiger partial charge >= 0.3 is 0 Å². The van der Waals surface area contributed by atoms with E-state index in [1.165, 1.54) is 0 Å². The number of thiocarbonyl (C=S) groups is 1. The molecule has 0 unspecified atom stereocenters. The summed E-state index contributed by atoms with van der Waals surface area (Å²) in [6.45, 7) is 1.90. The van der Waals surface area contributed by atoms with Gasteiger partial charge in [-0.3, -0.25) is 9.69 Å². The number of hydrogen-bond donors (Lipinski definition) is 2. The SMILES string of the molecule is COc1ccc(N2C(=S)N[C@@H]3c4ccccc4O[C@@]2(C)[C@H]3C(=O)Nc2ccc(Cl)cc2)cc1. The minimum Gasteiger partial charge on any atom is -0.497 e. The number of para-hydroxylation sites is 1. The molecule has 2 bridgehead atoms. The van der Waals surface area contributed by atoms with Gasteiger partial charge in [0, 0.05) is 22.0 Å². The Kier molecular flexibility index (Phi) is 5.38. The summed E-state index contributed by atoms with van der Waals surface area (Å²) in [5.41, 5.74) is 1.26. The van der Waals surface area contributed by atoms with Crippen LogP contribution in [0.4, 0.5) is 11.4 Å². The van der Waals surface area contributed by atoms with Crippen LogP contribution in [0.15, 0.2) is 72.8 Å². The van der Waals surface area contributed by atoms with E-state index in [9.17, 15) is 4.79 Å². The second-order valence-electron chi connectivity index (χ2n) is 8.13. The number of benzene rings is 3. The highest BCUT2D eigenvalue weighted by molar-refractivity contribution is 7.80. The van der Waals surface area contributed by atoms with Crippen LogP contribution in [-0.4, -0.2) is 23.9 Å². The van der Waals surface area contributed by atoms with Gasteiger partial charge in [-0.2, -0.15) is 0 Å². The Morgan fingerprint density at radius 2 is 1.82 bits per heavy atom. The number of hydrogen-bond acceptors (Lipinski definition) is 4. The number of amides is 1. The third-order valence-corrected chi connectivity index (χ3v) is 6.68. The Hall–Kier alpha value is -3.29. The molecular weight excluding hydrogens is 458 g/mol. The van der Waals surface area contributed by atoms with Crippen LogP contribution in [0.3, 0.4) is 0 Å². The van der Waals surface area contributed by atoms with E-state index in [0.717, 1.165) is 17.0 Å². The summed E-state index contributed by atoms with van der Waals surface area (Å²) in [4.78, 5) is 15.6. The van der Waals surface area contributed by atoms with E-state index >= 15 is 0 Å². The van der Waals surface area contributed by atoms with Gasteiger partial charge in [-0.1, -0.05) is 29.8 Å². The monoisotopic (exact) mass is 479 g/mol. The fourth-order valence-electron chi connectivity index (χ4n) is 4.60. The minimum absolute atomic E-state index is 0.187. The highest BCUT2D eigenvalue weighted by Gasteiger charge is 2.59. The van der Waals surface area contributed by atoms with E-state index in [2.05, 4.69) is 10.6 Å². The molecule has 3 aromatic carbocycles. The van der Waals surface area contributed by atoms with Crippen LogP contribution in [0.2, 0.25) is 5.02 Å². The van der Waals surface area contributed by atoms with Crippen molar-refractivity contribution < 1.29 is 14.3 Å². The topological polar surface area (TPSA) is 62.8 Å². The number of nitrogens with one attached hydrogen (secondary N) is 2. The van der Waals surface area contributed by atoms with Crippen LogP contribution < -0.4 is 25.0 Å². The predicted octanol–water partition coefficient (Wildman–Crippen LogP) is 5.15. The number of fused-ring (bicyclic) bond motifs is 4. The lowest BCUT2D eigenvalue weighted by Gasteiger charge is -2.56. The lowest BCUT2D eigenvalue weighted by Crippen LogP contribution is -2.72. The van der Waals surface area contributed by atoms with Crippen molar-refractivity contribution in [3.63, 3.8) is 0 Å². The number of methoxy groups -OCH3 is 1. The molecule has 5 rings (SSSR count). The van der Waals surface area contributed by atoms with E-state index in [1.54, 1.807) is 31.4 Å². The van der Waals surface area contributed by atoms with Gasteiger partial charge in [0.25, 0.3) is 0 Å². The number of anilines is 2. The molecule has 0 aliphatic carbocycles. The molecule has 1 amide bonds. The van der Waals surface area contributed by atoms with Crippen molar-refractivity contribution in [3.05, 3.63) is 83.4 Å². The van der Waals surface area contributed by atoms with Crippen molar-refractivity contribution in [1.82, 2.24) is 5.32 Å². The molecule has 33 heavy (non-hydrogen) atoms. The summed E-state index contributed by atoms with van der Waals surface area (Å²) < 4.78 is 11.9. The van der Waals surface area contributed by atoms with E-state index in [1.807, 2.05) is 60.4 Å². The lowest BCUT2D eigenvalue weighted by atomic mass is 9.78. The van der Waals surface area contributed by atoms with Crippen molar-refractivity contribution in [2.24, 2.45) is 5.92 Å². The molecule has 2 heterocycles. The maximum absolute atomic E-state index is 13.7. The summed E-state index contributed by atoms with van der Waals surface area (Å²) in [7, 11) is 1.62. The van der Waals surface area contributed by atoms with Crippen molar-refractivity contribution in [2.45, 2.75) is 18.7 Å². The van der Waals surface area contributed by atoms with Crippen LogP contribution in [0.5, 0.6) is 11.5 Å². The van der Waals surface area contributed by atoms with Crippen LogP contribution in [0.25, 0.3) is 0 Å². The zero-order valence-corrected chi connectivity index (χ0v) is 19.6. The van der Waals surface area contributed by atoms with E-state index in [-0.39, 0.29) is 11.9 Å². The average Bonchev–Trinajstić information content (AvgIpc) is 2.80. The molecule has 1 fully saturated rings. The zero-order chi connectivity index (χ0) is 23.2. The fourth-order valence-corrected chi connectivity index (χ4v) is 5.14. The molecule has 2 N–H and O–H groups in total. The number of carbonyl (C=O) groups is 1. The summed E-state index contributed by atoms with van der Waals surface area (Å²) in [6.07, 6.45) is 0. The van der Waals surface area contributed by atoms with Crippen LogP contribution in [0.1, 0.15) is 18.5 Å². The van der Waals surface area contributed by atoms with E-state index in [4.69, 9.17) is 33.3 Å². The van der Waals surface area contributed by atoms with Gasteiger partial charge in [0.15, 0.2) is 10.8 Å². The quantitative estimate of drug-likeness (QED) is 0.505. The largest absolute Gasteiger partial charge is 0.497 e. The van der Waals surface area contributed by atoms with Gasteiger partial charge in [-0.15, -0.1) is 0 Å². The first-order chi connectivity index (χ1) is 15.9. The molecule has 2 aliphatic heterocycles. The van der Waals surface area contributed by atoms with Crippen LogP contribution in [-0.2, 0) is 4.79 Å². The Balaban J connectivity index is 1.59. The standard InChI is InChI=1S/C25H22ClN3O3S/c1-25-21(23(30)27-16-9-7-15(26)8-10-16)22(19-5-3-4-6-20(19)32-25)28-24(33)29(25)17-11-13-18(31-2)14-12-17/h3-14,21-22H,1-2H3,(H,27,30)(H,28,33)/t21-,22-,25+/m1/s1. The number of carbonyl (C=O) groups excluding carboxylic acids is 1. The highest BCUT2D eigenvalue weighted by Crippen LogP contribution is 2.49. The molecule has 8 heteroatoms. The summed E-state index contributed by atoms with van der Waals surface area (Å²) in [6, 6.07) is 21.9. The molecule has 0 saturated carbocycles. The molecular formula is C25H22ClN3O3S. The maximum atomic E-state index is 13.7. The number of ether oxygens (including phenoxy) is 2. The second-order valence-corrected chi connectivity index (χ2v) is 8.95. The molecule has 1 saturated heterocycles. The van der Waals surface area contributed by atoms with Crippen molar-refractivity contribution in [1.29, 1.82) is 0 Å². The molecule has 168 valence electrons. The predicted molar refractivity (Wildman–Crippen MR) is 133 cm³/mol. The Morgan fingerprint density at radius 1 is 1.12 bits per heavy atom. The first-order valence-electron chi connectivity index (χ1n) is 10.5. The number of halogens is 1. The molecule has 3 aromatic rings. The van der Waals surface area contributed by atoms with Gasteiger partial charge in [-0.05, 0) is 73.7 Å². The lowest BCUT2D eigenvalue weighted by molar-refractivity contribution is -0.130. The van der Waals surface area contributed by atoms with Gasteiger partial charge in [0.05, 0.1) is 13.2 Å². The Bertz CT molecular complexity index is 1220. The van der Waals surface area contributed by atoms with Crippen molar-refractivity contribution >= 4 is 46.2 Å². The van der Waals surface area contributed by atoms with Gasteiger partial charge in [0.1, 0.15) is 17.4 Å². The summed E-state index contributed by atoms with van der Waals surface area (Å²) >= 11 is 11.8. The van der Waals surface area contributed by atoms with E-state index in [0.29, 0.717) is 21.6 Å². The minimum atomic E-state index is -1.08. The van der Waals surface area contributed by atoms with Gasteiger partial charge in [0.2, 0.25) is 5.91 Å². The van der Waals surface area contributed by atoms with E-state index < -0.39 is 11.6 Å². The number of rotatable bonds is 4. The molecule has 0 spiro atoms. The van der Waals surface area contributed by atoms with Crippen molar-refractivity contribution in [3.8, 4) is 11.5 Å².